The van der Waals surface area contributed by atoms with Gasteiger partial charge in [0, 0.05) is 6.07 Å². The molecule has 2 amide bonds. The molecule has 5 nitrogen and oxygen atoms in total. The van der Waals surface area contributed by atoms with Crippen molar-refractivity contribution in [3.63, 3.8) is 0 Å². The van der Waals surface area contributed by atoms with E-state index >= 15 is 0 Å². The van der Waals surface area contributed by atoms with Crippen LogP contribution >= 0.6 is 23.2 Å². The summed E-state index contributed by atoms with van der Waals surface area (Å²) >= 11 is 11.6. The lowest BCUT2D eigenvalue weighted by Crippen LogP contribution is -2.37. The third kappa shape index (κ3) is 3.12. The Balaban J connectivity index is 1.67. The summed E-state index contributed by atoms with van der Waals surface area (Å²) in [7, 11) is 0. The minimum Gasteiger partial charge on any atom is -0.425 e. The second-order valence-corrected chi connectivity index (χ2v) is 6.28. The van der Waals surface area contributed by atoms with Crippen LogP contribution in [0.1, 0.15) is 12.8 Å². The molecular weight excluding hydrogens is 341 g/mol. The smallest absolute Gasteiger partial charge is 0.331 e. The first-order valence-electron chi connectivity index (χ1n) is 7.13. The molecule has 0 radical (unpaired) electrons. The number of rotatable bonds is 3. The Labute approximate surface area is 142 Å². The molecule has 0 aromatic heterocycles. The molecule has 0 saturated carbocycles. The molecule has 0 bridgehead atoms. The summed E-state index contributed by atoms with van der Waals surface area (Å²) in [4.78, 5) is 37.5. The van der Waals surface area contributed by atoms with E-state index in [0.29, 0.717) is 17.9 Å². The molecule has 1 aliphatic heterocycles. The number of hydrogen-bond donors (Lipinski definition) is 0. The summed E-state index contributed by atoms with van der Waals surface area (Å²) in [6.45, 7) is -0.398. The third-order valence-electron chi connectivity index (χ3n) is 4.01. The molecule has 2 aliphatic rings. The standard InChI is InChI=1S/C16H13Cl2NO4/c17-12-6-5-9(7-13(12)18)23-14(20)8-19-15(21)10-3-1-2-4-11(10)16(19)22/h1-2,5-7,10-11H,3-4,8H2. The van der Waals surface area contributed by atoms with Crippen molar-refractivity contribution in [2.45, 2.75) is 12.8 Å². The predicted octanol–water partition coefficient (Wildman–Crippen LogP) is 2.85. The molecule has 1 aromatic carbocycles. The van der Waals surface area contributed by atoms with Gasteiger partial charge in [-0.05, 0) is 25.0 Å². The van der Waals surface area contributed by atoms with Gasteiger partial charge in [-0.3, -0.25) is 14.5 Å². The average Bonchev–Trinajstić information content (AvgIpc) is 2.76. The van der Waals surface area contributed by atoms with Crippen LogP contribution in [0.3, 0.4) is 0 Å². The number of likely N-dealkylation sites (tertiary alicyclic amines) is 1. The first-order chi connectivity index (χ1) is 11.0. The van der Waals surface area contributed by atoms with Crippen LogP contribution in [0, 0.1) is 11.8 Å². The second-order valence-electron chi connectivity index (χ2n) is 5.47. The van der Waals surface area contributed by atoms with E-state index in [1.807, 2.05) is 12.2 Å². The number of ether oxygens (including phenoxy) is 1. The van der Waals surface area contributed by atoms with Gasteiger partial charge in [0.2, 0.25) is 11.8 Å². The van der Waals surface area contributed by atoms with E-state index in [0.717, 1.165) is 4.90 Å². The second kappa shape index (κ2) is 6.34. The maximum Gasteiger partial charge on any atom is 0.331 e. The van der Waals surface area contributed by atoms with Gasteiger partial charge >= 0.3 is 5.97 Å². The molecule has 1 heterocycles. The lowest BCUT2D eigenvalue weighted by Gasteiger charge is -2.14. The zero-order chi connectivity index (χ0) is 16.6. The number of carbonyl (C=O) groups excluding carboxylic acids is 3. The molecular formula is C16H13Cl2NO4. The summed E-state index contributed by atoms with van der Waals surface area (Å²) in [6.07, 6.45) is 4.86. The highest BCUT2D eigenvalue weighted by Gasteiger charge is 2.47. The number of imide groups is 1. The lowest BCUT2D eigenvalue weighted by atomic mass is 9.85. The largest absolute Gasteiger partial charge is 0.425 e. The number of halogens is 2. The Hall–Kier alpha value is -1.85. The normalized spacial score (nSPS) is 23.1. The highest BCUT2D eigenvalue weighted by Crippen LogP contribution is 2.35. The molecule has 1 saturated heterocycles. The van der Waals surface area contributed by atoms with Crippen LogP contribution < -0.4 is 4.74 Å². The van der Waals surface area contributed by atoms with Crippen molar-refractivity contribution < 1.29 is 19.1 Å². The number of carbonyl (C=O) groups is 3. The van der Waals surface area contributed by atoms with Crippen LogP contribution in [0.2, 0.25) is 10.0 Å². The maximum atomic E-state index is 12.3. The van der Waals surface area contributed by atoms with Crippen LogP contribution in [-0.2, 0) is 14.4 Å². The molecule has 0 spiro atoms. The quantitative estimate of drug-likeness (QED) is 0.362. The van der Waals surface area contributed by atoms with Crippen molar-refractivity contribution in [2.24, 2.45) is 11.8 Å². The molecule has 2 atom stereocenters. The third-order valence-corrected chi connectivity index (χ3v) is 4.75. The van der Waals surface area contributed by atoms with Gasteiger partial charge in [-0.2, -0.15) is 0 Å². The lowest BCUT2D eigenvalue weighted by molar-refractivity contribution is -0.148. The Morgan fingerprint density at radius 3 is 2.26 bits per heavy atom. The van der Waals surface area contributed by atoms with E-state index in [1.165, 1.54) is 18.2 Å². The molecule has 0 N–H and O–H groups in total. The van der Waals surface area contributed by atoms with Crippen molar-refractivity contribution >= 4 is 41.0 Å². The fraction of sp³-hybridized carbons (Fsp3) is 0.312. The van der Waals surface area contributed by atoms with Crippen molar-refractivity contribution in [2.75, 3.05) is 6.54 Å². The van der Waals surface area contributed by atoms with Gasteiger partial charge < -0.3 is 4.74 Å². The van der Waals surface area contributed by atoms with Crippen LogP contribution in [0.4, 0.5) is 0 Å². The molecule has 1 aromatic rings. The van der Waals surface area contributed by atoms with Gasteiger partial charge in [-0.1, -0.05) is 35.4 Å². The van der Waals surface area contributed by atoms with Gasteiger partial charge in [0.05, 0.1) is 21.9 Å². The van der Waals surface area contributed by atoms with E-state index in [-0.39, 0.29) is 34.4 Å². The molecule has 7 heteroatoms. The minimum absolute atomic E-state index is 0.211. The van der Waals surface area contributed by atoms with E-state index in [4.69, 9.17) is 27.9 Å². The number of amides is 2. The molecule has 1 aliphatic carbocycles. The fourth-order valence-electron chi connectivity index (χ4n) is 2.86. The van der Waals surface area contributed by atoms with Crippen LogP contribution in [0.25, 0.3) is 0 Å². The number of allylic oxidation sites excluding steroid dienone is 2. The summed E-state index contributed by atoms with van der Waals surface area (Å²) in [5.41, 5.74) is 0. The summed E-state index contributed by atoms with van der Waals surface area (Å²) in [6, 6.07) is 4.39. The molecule has 23 heavy (non-hydrogen) atoms. The Bertz CT molecular complexity index is 690. The number of benzene rings is 1. The fourth-order valence-corrected chi connectivity index (χ4v) is 3.15. The highest BCUT2D eigenvalue weighted by molar-refractivity contribution is 6.42. The van der Waals surface area contributed by atoms with Gasteiger partial charge in [-0.25, -0.2) is 4.79 Å². The van der Waals surface area contributed by atoms with Gasteiger partial charge in [0.15, 0.2) is 0 Å². The first-order valence-corrected chi connectivity index (χ1v) is 7.89. The Morgan fingerprint density at radius 1 is 1.09 bits per heavy atom. The summed E-state index contributed by atoms with van der Waals surface area (Å²) in [5, 5.41) is 0.593. The van der Waals surface area contributed by atoms with Gasteiger partial charge in [0.1, 0.15) is 12.3 Å². The number of fused-ring (bicyclic) bond motifs is 1. The summed E-state index contributed by atoms with van der Waals surface area (Å²) in [5.74, 6) is -1.82. The maximum absolute atomic E-state index is 12.3. The van der Waals surface area contributed by atoms with Gasteiger partial charge in [0.25, 0.3) is 0 Å². The molecule has 3 rings (SSSR count). The van der Waals surface area contributed by atoms with Crippen LogP contribution in [0.5, 0.6) is 5.75 Å². The summed E-state index contributed by atoms with van der Waals surface area (Å²) < 4.78 is 5.12. The highest BCUT2D eigenvalue weighted by atomic mass is 35.5. The predicted molar refractivity (Wildman–Crippen MR) is 84.2 cm³/mol. The average molecular weight is 354 g/mol. The molecule has 2 unspecified atom stereocenters. The van der Waals surface area contributed by atoms with Crippen molar-refractivity contribution in [1.82, 2.24) is 4.90 Å². The number of esters is 1. The molecule has 1 fully saturated rings. The zero-order valence-corrected chi connectivity index (χ0v) is 13.5. The van der Waals surface area contributed by atoms with Crippen molar-refractivity contribution in [1.29, 1.82) is 0 Å². The van der Waals surface area contributed by atoms with Crippen LogP contribution in [-0.4, -0.2) is 29.2 Å². The van der Waals surface area contributed by atoms with Crippen LogP contribution in [0.15, 0.2) is 30.4 Å². The van der Waals surface area contributed by atoms with E-state index in [9.17, 15) is 14.4 Å². The molecule has 120 valence electrons. The van der Waals surface area contributed by atoms with Gasteiger partial charge in [-0.15, -0.1) is 0 Å². The minimum atomic E-state index is -0.698. The topological polar surface area (TPSA) is 63.7 Å². The number of hydrogen-bond acceptors (Lipinski definition) is 4. The zero-order valence-electron chi connectivity index (χ0n) is 12.0. The van der Waals surface area contributed by atoms with Crippen molar-refractivity contribution in [3.8, 4) is 5.75 Å². The van der Waals surface area contributed by atoms with E-state index < -0.39 is 12.5 Å². The Morgan fingerprint density at radius 2 is 1.70 bits per heavy atom. The first kappa shape index (κ1) is 16.0. The monoisotopic (exact) mass is 353 g/mol. The number of nitrogens with zero attached hydrogens (tertiary/aromatic N) is 1. The van der Waals surface area contributed by atoms with E-state index in [2.05, 4.69) is 0 Å². The Kier molecular flexibility index (Phi) is 4.41. The van der Waals surface area contributed by atoms with E-state index in [1.54, 1.807) is 0 Å². The van der Waals surface area contributed by atoms with Crippen molar-refractivity contribution in [3.05, 3.63) is 40.4 Å². The SMILES string of the molecule is O=C(CN1C(=O)C2CC=CCC2C1=O)Oc1ccc(Cl)c(Cl)c1.